The van der Waals surface area contributed by atoms with Crippen LogP contribution in [0.3, 0.4) is 0 Å². The molecule has 0 saturated heterocycles. The summed E-state index contributed by atoms with van der Waals surface area (Å²) in [6.07, 6.45) is 0. The van der Waals surface area contributed by atoms with Crippen molar-refractivity contribution in [2.24, 2.45) is 0 Å². The lowest BCUT2D eigenvalue weighted by Gasteiger charge is -2.15. The van der Waals surface area contributed by atoms with Gasteiger partial charge < -0.3 is 13.7 Å². The van der Waals surface area contributed by atoms with Crippen LogP contribution in [0.5, 0.6) is 11.5 Å². The Balaban J connectivity index is 1.04. The molecule has 0 fully saturated rings. The first kappa shape index (κ1) is 24.7. The zero-order chi connectivity index (χ0) is 30.1. The largest absolute Gasteiger partial charge is 0.457 e. The van der Waals surface area contributed by atoms with Gasteiger partial charge in [0.1, 0.15) is 11.5 Å². The Morgan fingerprint density at radius 1 is 0.478 bits per heavy atom. The van der Waals surface area contributed by atoms with Gasteiger partial charge in [0.15, 0.2) is 7.14 Å². The highest BCUT2D eigenvalue weighted by Gasteiger charge is 2.47. The van der Waals surface area contributed by atoms with Gasteiger partial charge in [0, 0.05) is 43.0 Å². The molecule has 0 spiro atoms. The van der Waals surface area contributed by atoms with Crippen LogP contribution in [-0.4, -0.2) is 4.40 Å². The van der Waals surface area contributed by atoms with Crippen LogP contribution in [-0.2, 0) is 4.57 Å². The Kier molecular flexibility index (Phi) is 4.58. The number of rotatable bonds is 3. The molecule has 2 aromatic heterocycles. The molecule has 4 heteroatoms. The molecule has 0 saturated carbocycles. The van der Waals surface area contributed by atoms with Crippen LogP contribution in [0.2, 0.25) is 0 Å². The molecule has 46 heavy (non-hydrogen) atoms. The van der Waals surface area contributed by atoms with Crippen LogP contribution in [0.25, 0.3) is 71.5 Å². The second-order valence-electron chi connectivity index (χ2n) is 12.4. The first-order valence-corrected chi connectivity index (χ1v) is 17.3. The van der Waals surface area contributed by atoms with Gasteiger partial charge in [0.05, 0.1) is 16.6 Å². The van der Waals surface area contributed by atoms with Crippen molar-refractivity contribution in [3.05, 3.63) is 146 Å². The molecular formula is C42H24NO2P. The number of ether oxygens (including phenoxy) is 1. The van der Waals surface area contributed by atoms with Gasteiger partial charge in [0.25, 0.3) is 0 Å². The lowest BCUT2D eigenvalue weighted by atomic mass is 9.99. The van der Waals surface area contributed by atoms with Crippen LogP contribution in [0.4, 0.5) is 0 Å². The summed E-state index contributed by atoms with van der Waals surface area (Å²) in [6, 6.07) is 50.8. The molecule has 0 radical (unpaired) electrons. The molecule has 0 bridgehead atoms. The average molecular weight is 606 g/mol. The minimum absolute atomic E-state index is 0.734. The zero-order valence-corrected chi connectivity index (χ0v) is 25.5. The zero-order valence-electron chi connectivity index (χ0n) is 24.6. The molecule has 0 aliphatic carbocycles. The standard InChI is InChI=1S/C42H24NO2P/c44-46-39-18-6-3-11-29(39)32-14-8-15-33(42(32)46)35-24-26(20-22-40(35)46)45-38-17-5-2-9-27(38)25-19-21-37-34(23-25)31-13-7-12-30-28-10-1-4-16-36(28)43(37)41(30)31/h1-24H. The van der Waals surface area contributed by atoms with Gasteiger partial charge in [-0.25, -0.2) is 0 Å². The van der Waals surface area contributed by atoms with E-state index in [1.807, 2.05) is 42.5 Å². The summed E-state index contributed by atoms with van der Waals surface area (Å²) in [7, 11) is -2.91. The number of hydrogen-bond acceptors (Lipinski definition) is 2. The lowest BCUT2D eigenvalue weighted by Crippen LogP contribution is -2.16. The maximum atomic E-state index is 14.9. The van der Waals surface area contributed by atoms with Crippen molar-refractivity contribution in [1.29, 1.82) is 0 Å². The number of benzene rings is 7. The Morgan fingerprint density at radius 2 is 1.13 bits per heavy atom. The Morgan fingerprint density at radius 3 is 2.04 bits per heavy atom. The van der Waals surface area contributed by atoms with E-state index in [0.29, 0.717) is 0 Å². The van der Waals surface area contributed by atoms with Gasteiger partial charge in [-0.15, -0.1) is 0 Å². The number of hydrogen-bond donors (Lipinski definition) is 0. The summed E-state index contributed by atoms with van der Waals surface area (Å²) >= 11 is 0. The van der Waals surface area contributed by atoms with Gasteiger partial charge in [-0.3, -0.25) is 0 Å². The highest BCUT2D eigenvalue weighted by Crippen LogP contribution is 2.59. The van der Waals surface area contributed by atoms with Crippen LogP contribution >= 0.6 is 7.14 Å². The first-order chi connectivity index (χ1) is 22.7. The fraction of sp³-hybridized carbons (Fsp3) is 0. The molecule has 0 N–H and O–H groups in total. The van der Waals surface area contributed by atoms with E-state index in [4.69, 9.17) is 4.74 Å². The van der Waals surface area contributed by atoms with E-state index in [1.165, 1.54) is 38.1 Å². The maximum Gasteiger partial charge on any atom is 0.173 e. The summed E-state index contributed by atoms with van der Waals surface area (Å²) < 4.78 is 23.9. The highest BCUT2D eigenvalue weighted by atomic mass is 31.2. The predicted octanol–water partition coefficient (Wildman–Crippen LogP) is 9.90. The smallest absolute Gasteiger partial charge is 0.173 e. The van der Waals surface area contributed by atoms with E-state index in [9.17, 15) is 4.57 Å². The topological polar surface area (TPSA) is 30.7 Å². The first-order valence-electron chi connectivity index (χ1n) is 15.6. The third kappa shape index (κ3) is 2.92. The lowest BCUT2D eigenvalue weighted by molar-refractivity contribution is 0.485. The molecular weight excluding hydrogens is 581 g/mol. The van der Waals surface area contributed by atoms with Crippen LogP contribution in [0.15, 0.2) is 146 Å². The van der Waals surface area contributed by atoms with Gasteiger partial charge in [-0.2, -0.15) is 0 Å². The van der Waals surface area contributed by atoms with Gasteiger partial charge in [0.2, 0.25) is 0 Å². The normalized spacial score (nSPS) is 16.0. The third-order valence-corrected chi connectivity index (χ3v) is 13.4. The maximum absolute atomic E-state index is 14.9. The average Bonchev–Trinajstić information content (AvgIpc) is 3.79. The van der Waals surface area contributed by atoms with Gasteiger partial charge in [-0.05, 0) is 70.3 Å². The van der Waals surface area contributed by atoms with E-state index in [1.54, 1.807) is 0 Å². The van der Waals surface area contributed by atoms with E-state index < -0.39 is 7.14 Å². The molecule has 3 nitrogen and oxygen atoms in total. The molecule has 214 valence electrons. The quantitative estimate of drug-likeness (QED) is 0.188. The Labute approximate surface area is 264 Å². The van der Waals surface area contributed by atoms with Crippen molar-refractivity contribution in [2.45, 2.75) is 0 Å². The van der Waals surface area contributed by atoms with Crippen molar-refractivity contribution in [3.63, 3.8) is 0 Å². The van der Waals surface area contributed by atoms with Crippen LogP contribution in [0, 0.1) is 0 Å². The van der Waals surface area contributed by atoms with Crippen molar-refractivity contribution in [2.75, 3.05) is 0 Å². The van der Waals surface area contributed by atoms with Gasteiger partial charge >= 0.3 is 0 Å². The molecule has 4 heterocycles. The summed E-state index contributed by atoms with van der Waals surface area (Å²) in [5.74, 6) is 1.52. The van der Waals surface area contributed by atoms with Crippen LogP contribution in [0.1, 0.15) is 0 Å². The predicted molar refractivity (Wildman–Crippen MR) is 190 cm³/mol. The summed E-state index contributed by atoms with van der Waals surface area (Å²) in [6.45, 7) is 0. The van der Waals surface area contributed by atoms with Crippen molar-refractivity contribution >= 4 is 61.2 Å². The van der Waals surface area contributed by atoms with E-state index >= 15 is 0 Å². The minimum Gasteiger partial charge on any atom is -0.457 e. The molecule has 1 unspecified atom stereocenters. The third-order valence-electron chi connectivity index (χ3n) is 10.1. The monoisotopic (exact) mass is 605 g/mol. The van der Waals surface area contributed by atoms with Crippen molar-refractivity contribution in [1.82, 2.24) is 4.40 Å². The SMILES string of the molecule is O=P12c3ccccc3-c3cccc(c31)-c1cc(Oc3ccccc3-c3ccc4c(c3)c3cccc5c6ccccc6n4c53)ccc12. The minimum atomic E-state index is -2.91. The number of aromatic nitrogens is 1. The Hall–Kier alpha value is -5.63. The molecule has 0 amide bonds. The van der Waals surface area contributed by atoms with E-state index in [2.05, 4.69) is 108 Å². The summed E-state index contributed by atoms with van der Waals surface area (Å²) in [5, 5.41) is 7.89. The Bertz CT molecular complexity index is 2830. The highest BCUT2D eigenvalue weighted by molar-refractivity contribution is 7.87. The number of nitrogens with zero attached hydrogens (tertiary/aromatic N) is 1. The van der Waals surface area contributed by atoms with E-state index in [-0.39, 0.29) is 0 Å². The van der Waals surface area contributed by atoms with Crippen LogP contribution < -0.4 is 20.7 Å². The molecule has 11 rings (SSSR count). The number of para-hydroxylation sites is 3. The molecule has 9 aromatic rings. The fourth-order valence-corrected chi connectivity index (χ4v) is 11.7. The molecule has 1 atom stereocenters. The molecule has 2 aliphatic rings. The fourth-order valence-electron chi connectivity index (χ4n) is 8.25. The molecule has 2 aliphatic heterocycles. The number of fused-ring (bicyclic) bond motifs is 12. The summed E-state index contributed by atoms with van der Waals surface area (Å²) in [4.78, 5) is 0. The van der Waals surface area contributed by atoms with Crippen molar-refractivity contribution in [3.8, 4) is 44.9 Å². The summed E-state index contributed by atoms with van der Waals surface area (Å²) in [5.41, 5.74) is 10.1. The second-order valence-corrected chi connectivity index (χ2v) is 15.0. The van der Waals surface area contributed by atoms with E-state index in [0.717, 1.165) is 60.8 Å². The van der Waals surface area contributed by atoms with Crippen molar-refractivity contribution < 1.29 is 9.30 Å². The second kappa shape index (κ2) is 8.54. The van der Waals surface area contributed by atoms with Gasteiger partial charge in [-0.1, -0.05) is 103 Å². The molecule has 7 aromatic carbocycles.